The van der Waals surface area contributed by atoms with E-state index in [0.29, 0.717) is 6.42 Å². The molecule has 0 bridgehead atoms. The molecule has 3 nitrogen and oxygen atoms in total. The van der Waals surface area contributed by atoms with Gasteiger partial charge in [0.15, 0.2) is 8.46 Å². The molecule has 0 spiro atoms. The first-order chi connectivity index (χ1) is 11.6. The molecule has 0 aliphatic rings. The monoisotopic (exact) mass is 360 g/mol. The zero-order chi connectivity index (χ0) is 17.3. The largest absolute Gasteiger partial charge is 0.453 e. The lowest BCUT2D eigenvalue weighted by Crippen LogP contribution is -2.31. The fourth-order valence-corrected chi connectivity index (χ4v) is 3.33. The molecule has 1 unspecified atom stereocenters. The second-order valence-corrected chi connectivity index (χ2v) is 7.88. The van der Waals surface area contributed by atoms with Crippen LogP contribution < -0.4 is 0 Å². The minimum Gasteiger partial charge on any atom is -0.453 e. The Bertz CT molecular complexity index is 648. The first-order valence-electron chi connectivity index (χ1n) is 7.87. The number of carbonyl (C=O) groups is 1. The number of aryl methyl sites for hydroxylation is 1. The van der Waals surface area contributed by atoms with E-state index in [-0.39, 0.29) is 14.4 Å². The summed E-state index contributed by atoms with van der Waals surface area (Å²) in [4.78, 5) is 13.3. The first-order valence-corrected chi connectivity index (χ1v) is 9.67. The molecule has 1 atom stereocenters. The summed E-state index contributed by atoms with van der Waals surface area (Å²) in [5.74, 6) is -0.178. The van der Waals surface area contributed by atoms with E-state index in [1.807, 2.05) is 48.5 Å². The SMILES string of the molecule is CC(CCCc1ccccc1)(P=O)C(=O)OCSc1ccccc1. The Balaban J connectivity index is 1.79. The fourth-order valence-electron chi connectivity index (χ4n) is 2.29. The van der Waals surface area contributed by atoms with Gasteiger partial charge in [0.2, 0.25) is 0 Å². The number of hydrogen-bond acceptors (Lipinski definition) is 4. The van der Waals surface area contributed by atoms with Crippen molar-refractivity contribution in [3.8, 4) is 0 Å². The summed E-state index contributed by atoms with van der Waals surface area (Å²) in [6.07, 6.45) is 2.18. The van der Waals surface area contributed by atoms with Crippen LogP contribution in [0.5, 0.6) is 0 Å². The van der Waals surface area contributed by atoms with Crippen LogP contribution in [0, 0.1) is 0 Å². The highest BCUT2D eigenvalue weighted by Crippen LogP contribution is 2.31. The van der Waals surface area contributed by atoms with Gasteiger partial charge in [0.05, 0.1) is 0 Å². The number of ether oxygens (including phenoxy) is 1. The van der Waals surface area contributed by atoms with E-state index in [1.54, 1.807) is 6.92 Å². The molecule has 0 radical (unpaired) electrons. The lowest BCUT2D eigenvalue weighted by Gasteiger charge is -2.19. The normalized spacial score (nSPS) is 13.4. The minimum absolute atomic E-state index is 0.189. The van der Waals surface area contributed by atoms with Crippen molar-refractivity contribution >= 4 is 26.2 Å². The molecular formula is C19H21O3PS. The van der Waals surface area contributed by atoms with E-state index in [2.05, 4.69) is 12.1 Å². The predicted molar refractivity (Wildman–Crippen MR) is 98.6 cm³/mol. The summed E-state index contributed by atoms with van der Waals surface area (Å²) in [5.41, 5.74) is 1.22. The highest BCUT2D eigenvalue weighted by Gasteiger charge is 2.35. The molecule has 0 fully saturated rings. The van der Waals surface area contributed by atoms with Crippen molar-refractivity contribution in [1.82, 2.24) is 0 Å². The minimum atomic E-state index is -0.980. The third-order valence-electron chi connectivity index (χ3n) is 3.77. The van der Waals surface area contributed by atoms with E-state index in [1.165, 1.54) is 17.3 Å². The molecule has 0 aliphatic carbocycles. The Morgan fingerprint density at radius 2 is 1.71 bits per heavy atom. The molecule has 0 aromatic heterocycles. The number of rotatable bonds is 9. The van der Waals surface area contributed by atoms with Crippen LogP contribution >= 0.6 is 20.2 Å². The topological polar surface area (TPSA) is 43.4 Å². The second kappa shape index (κ2) is 9.61. The second-order valence-electron chi connectivity index (χ2n) is 5.71. The van der Waals surface area contributed by atoms with Gasteiger partial charge in [-0.2, -0.15) is 0 Å². The van der Waals surface area contributed by atoms with E-state index < -0.39 is 11.1 Å². The maximum absolute atomic E-state index is 12.3. The van der Waals surface area contributed by atoms with Crippen molar-refractivity contribution in [2.75, 3.05) is 5.94 Å². The van der Waals surface area contributed by atoms with Crippen LogP contribution in [0.1, 0.15) is 25.3 Å². The van der Waals surface area contributed by atoms with Crippen LogP contribution in [0.3, 0.4) is 0 Å². The molecular weight excluding hydrogens is 339 g/mol. The Kier molecular flexibility index (Phi) is 7.48. The molecule has 0 heterocycles. The lowest BCUT2D eigenvalue weighted by atomic mass is 10.0. The fraction of sp³-hybridized carbons (Fsp3) is 0.316. The molecule has 2 aromatic rings. The van der Waals surface area contributed by atoms with E-state index >= 15 is 0 Å². The number of esters is 1. The molecule has 0 saturated heterocycles. The molecule has 2 rings (SSSR count). The summed E-state index contributed by atoms with van der Waals surface area (Å²) in [5, 5.41) is -0.980. The summed E-state index contributed by atoms with van der Waals surface area (Å²) in [6, 6.07) is 19.8. The van der Waals surface area contributed by atoms with E-state index in [4.69, 9.17) is 4.74 Å². The number of carbonyl (C=O) groups excluding carboxylic acids is 1. The van der Waals surface area contributed by atoms with E-state index in [0.717, 1.165) is 17.7 Å². The molecule has 24 heavy (non-hydrogen) atoms. The van der Waals surface area contributed by atoms with Crippen molar-refractivity contribution in [1.29, 1.82) is 0 Å². The summed E-state index contributed by atoms with van der Waals surface area (Å²) < 4.78 is 16.9. The number of hydrogen-bond donors (Lipinski definition) is 0. The summed E-state index contributed by atoms with van der Waals surface area (Å²) >= 11 is 1.45. The zero-order valence-electron chi connectivity index (χ0n) is 13.7. The van der Waals surface area contributed by atoms with Gasteiger partial charge in [-0.05, 0) is 43.9 Å². The molecule has 5 heteroatoms. The van der Waals surface area contributed by atoms with Crippen LogP contribution in [0.2, 0.25) is 0 Å². The van der Waals surface area contributed by atoms with Gasteiger partial charge in [0.1, 0.15) is 11.1 Å². The quantitative estimate of drug-likeness (QED) is 0.262. The molecule has 0 amide bonds. The molecule has 0 N–H and O–H groups in total. The zero-order valence-corrected chi connectivity index (χ0v) is 15.4. The van der Waals surface area contributed by atoms with Gasteiger partial charge in [0, 0.05) is 4.90 Å². The van der Waals surface area contributed by atoms with Crippen LogP contribution in [-0.4, -0.2) is 17.1 Å². The van der Waals surface area contributed by atoms with Gasteiger partial charge < -0.3 is 4.74 Å². The van der Waals surface area contributed by atoms with Gasteiger partial charge in [-0.3, -0.25) is 9.36 Å². The van der Waals surface area contributed by atoms with Crippen LogP contribution in [0.4, 0.5) is 0 Å². The average molecular weight is 360 g/mol. The third-order valence-corrected chi connectivity index (χ3v) is 5.42. The lowest BCUT2D eigenvalue weighted by molar-refractivity contribution is -0.144. The maximum Gasteiger partial charge on any atom is 0.324 e. The number of thioether (sulfide) groups is 1. The number of benzene rings is 2. The Labute approximate surface area is 149 Å². The smallest absolute Gasteiger partial charge is 0.324 e. The maximum atomic E-state index is 12.3. The summed E-state index contributed by atoms with van der Waals surface area (Å²) in [7, 11) is -0.189. The van der Waals surface area contributed by atoms with Gasteiger partial charge >= 0.3 is 5.97 Å². The van der Waals surface area contributed by atoms with Crippen LogP contribution in [0.25, 0.3) is 0 Å². The van der Waals surface area contributed by atoms with Crippen molar-refractivity contribution in [3.05, 3.63) is 66.2 Å². The van der Waals surface area contributed by atoms with Gasteiger partial charge in [-0.15, -0.1) is 0 Å². The summed E-state index contributed by atoms with van der Waals surface area (Å²) in [6.45, 7) is 1.70. The third kappa shape index (κ3) is 5.77. The van der Waals surface area contributed by atoms with Crippen molar-refractivity contribution in [2.45, 2.75) is 36.2 Å². The van der Waals surface area contributed by atoms with E-state index in [9.17, 15) is 9.36 Å². The molecule has 0 aliphatic heterocycles. The Hall–Kier alpha value is -1.64. The predicted octanol–water partition coefficient (Wildman–Crippen LogP) is 5.35. The Morgan fingerprint density at radius 1 is 1.08 bits per heavy atom. The molecule has 2 aromatic carbocycles. The van der Waals surface area contributed by atoms with Crippen molar-refractivity contribution < 1.29 is 14.1 Å². The van der Waals surface area contributed by atoms with Crippen molar-refractivity contribution in [2.24, 2.45) is 0 Å². The highest BCUT2D eigenvalue weighted by molar-refractivity contribution is 7.99. The molecule has 126 valence electrons. The van der Waals surface area contributed by atoms with Crippen LogP contribution in [0.15, 0.2) is 65.6 Å². The van der Waals surface area contributed by atoms with Gasteiger partial charge in [-0.25, -0.2) is 0 Å². The van der Waals surface area contributed by atoms with Gasteiger partial charge in [0.25, 0.3) is 0 Å². The van der Waals surface area contributed by atoms with Crippen molar-refractivity contribution in [3.63, 3.8) is 0 Å². The first kappa shape index (κ1) is 18.7. The standard InChI is InChI=1S/C19H21O3PS/c1-19(23-21,14-8-11-16-9-4-2-5-10-16)18(20)22-15-24-17-12-6-3-7-13-17/h2-7,9-10,12-13H,8,11,14-15H2,1H3. The van der Waals surface area contributed by atoms with Gasteiger partial charge in [-0.1, -0.05) is 60.3 Å². The molecule has 0 saturated carbocycles. The average Bonchev–Trinajstić information content (AvgIpc) is 2.63. The highest BCUT2D eigenvalue weighted by atomic mass is 32.2. The van der Waals surface area contributed by atoms with Crippen LogP contribution in [-0.2, 0) is 20.5 Å². The Morgan fingerprint density at radius 3 is 2.33 bits per heavy atom.